The number of aldehydes is 1. The molecule has 2 rings (SSSR count). The molecule has 0 heterocycles. The Morgan fingerprint density at radius 1 is 1.19 bits per heavy atom. The van der Waals surface area contributed by atoms with Gasteiger partial charge in [-0.2, -0.15) is 0 Å². The summed E-state index contributed by atoms with van der Waals surface area (Å²) < 4.78 is 0. The molecule has 1 aliphatic rings. The van der Waals surface area contributed by atoms with E-state index in [0.29, 0.717) is 5.92 Å². The lowest BCUT2D eigenvalue weighted by Crippen LogP contribution is -2.21. The highest BCUT2D eigenvalue weighted by Gasteiger charge is 2.27. The fraction of sp³-hybridized carbons (Fsp3) is 0.533. The minimum absolute atomic E-state index is 0. The van der Waals surface area contributed by atoms with Crippen LogP contribution in [0.15, 0.2) is 30.3 Å². The van der Waals surface area contributed by atoms with Crippen LogP contribution in [0.1, 0.15) is 52.0 Å². The number of carbonyl (C=O) groups is 1. The van der Waals surface area contributed by atoms with Crippen LogP contribution >= 0.6 is 0 Å². The Labute approximate surface area is 99.9 Å². The largest absolute Gasteiger partial charge is 0.303 e. The molecule has 0 radical (unpaired) electrons. The molecule has 1 atom stereocenters. The zero-order valence-corrected chi connectivity index (χ0v) is 9.65. The SMILES string of the molecule is C.CC.O=CC(c1ccccc1)C1CCC1. The van der Waals surface area contributed by atoms with Gasteiger partial charge in [-0.15, -0.1) is 0 Å². The molecular formula is C15H24O. The van der Waals surface area contributed by atoms with Gasteiger partial charge in [-0.05, 0) is 24.3 Å². The molecule has 1 aromatic carbocycles. The van der Waals surface area contributed by atoms with E-state index in [1.54, 1.807) is 0 Å². The van der Waals surface area contributed by atoms with Crippen LogP contribution in [0.3, 0.4) is 0 Å². The average Bonchev–Trinajstić information content (AvgIpc) is 2.27. The van der Waals surface area contributed by atoms with Gasteiger partial charge in [0.1, 0.15) is 6.29 Å². The van der Waals surface area contributed by atoms with Crippen molar-refractivity contribution in [2.45, 2.75) is 46.5 Å². The quantitative estimate of drug-likeness (QED) is 0.689. The lowest BCUT2D eigenvalue weighted by Gasteiger charge is -2.30. The maximum Gasteiger partial charge on any atom is 0.127 e. The molecule has 1 aliphatic carbocycles. The summed E-state index contributed by atoms with van der Waals surface area (Å²) in [5.41, 5.74) is 1.18. The summed E-state index contributed by atoms with van der Waals surface area (Å²) in [5.74, 6) is 0.759. The molecule has 1 nitrogen and oxygen atoms in total. The molecule has 1 aromatic rings. The summed E-state index contributed by atoms with van der Waals surface area (Å²) in [6, 6.07) is 10.1. The minimum atomic E-state index is 0. The Bertz CT molecular complexity index is 275. The van der Waals surface area contributed by atoms with E-state index in [4.69, 9.17) is 0 Å². The van der Waals surface area contributed by atoms with Gasteiger partial charge < -0.3 is 4.79 Å². The summed E-state index contributed by atoms with van der Waals surface area (Å²) in [6.07, 6.45) is 4.84. The first kappa shape index (κ1) is 14.9. The summed E-state index contributed by atoms with van der Waals surface area (Å²) in [5, 5.41) is 0. The molecule has 90 valence electrons. The Hall–Kier alpha value is -1.11. The van der Waals surface area contributed by atoms with E-state index in [9.17, 15) is 4.79 Å². The first-order valence-corrected chi connectivity index (χ1v) is 5.92. The molecule has 0 aliphatic heterocycles. The van der Waals surface area contributed by atoms with Crippen molar-refractivity contribution in [1.29, 1.82) is 0 Å². The molecule has 1 unspecified atom stereocenters. The van der Waals surface area contributed by atoms with Gasteiger partial charge in [-0.3, -0.25) is 0 Å². The third kappa shape index (κ3) is 3.48. The van der Waals surface area contributed by atoms with Gasteiger partial charge in [0.05, 0.1) is 0 Å². The Kier molecular flexibility index (Phi) is 7.53. The first-order valence-electron chi connectivity index (χ1n) is 5.92. The predicted molar refractivity (Wildman–Crippen MR) is 70.7 cm³/mol. The highest BCUT2D eigenvalue weighted by molar-refractivity contribution is 5.62. The Morgan fingerprint density at radius 3 is 2.12 bits per heavy atom. The maximum absolute atomic E-state index is 10.9. The summed E-state index contributed by atoms with van der Waals surface area (Å²) >= 11 is 0. The number of carbonyl (C=O) groups excluding carboxylic acids is 1. The van der Waals surface area contributed by atoms with Crippen LogP contribution in [0.5, 0.6) is 0 Å². The second-order valence-electron chi connectivity index (χ2n) is 3.76. The van der Waals surface area contributed by atoms with Crippen LogP contribution in [0.4, 0.5) is 0 Å². The summed E-state index contributed by atoms with van der Waals surface area (Å²) in [7, 11) is 0. The van der Waals surface area contributed by atoms with Crippen LogP contribution in [0.25, 0.3) is 0 Å². The van der Waals surface area contributed by atoms with E-state index in [-0.39, 0.29) is 13.3 Å². The zero-order chi connectivity index (χ0) is 11.1. The van der Waals surface area contributed by atoms with Crippen molar-refractivity contribution >= 4 is 6.29 Å². The van der Waals surface area contributed by atoms with Gasteiger partial charge in [0.25, 0.3) is 0 Å². The van der Waals surface area contributed by atoms with Gasteiger partial charge in [-0.1, -0.05) is 58.0 Å². The van der Waals surface area contributed by atoms with Gasteiger partial charge >= 0.3 is 0 Å². The van der Waals surface area contributed by atoms with Crippen LogP contribution in [-0.2, 0) is 4.79 Å². The van der Waals surface area contributed by atoms with E-state index in [1.165, 1.54) is 24.8 Å². The molecule has 0 N–H and O–H groups in total. The normalized spacial score (nSPS) is 15.9. The van der Waals surface area contributed by atoms with Crippen molar-refractivity contribution in [2.24, 2.45) is 5.92 Å². The minimum Gasteiger partial charge on any atom is -0.303 e. The van der Waals surface area contributed by atoms with E-state index >= 15 is 0 Å². The second kappa shape index (κ2) is 8.09. The average molecular weight is 220 g/mol. The standard InChI is InChI=1S/C12H14O.C2H6.CH4/c13-9-12(11-7-4-8-11)10-5-2-1-3-6-10;1-2;/h1-3,5-6,9,11-12H,4,7-8H2;1-2H3;1H4. The maximum atomic E-state index is 10.9. The Balaban J connectivity index is 0.000000711. The van der Waals surface area contributed by atoms with Crippen molar-refractivity contribution in [3.63, 3.8) is 0 Å². The summed E-state index contributed by atoms with van der Waals surface area (Å²) in [4.78, 5) is 10.9. The molecule has 1 saturated carbocycles. The van der Waals surface area contributed by atoms with Crippen LogP contribution < -0.4 is 0 Å². The third-order valence-electron chi connectivity index (χ3n) is 2.99. The van der Waals surface area contributed by atoms with Crippen molar-refractivity contribution < 1.29 is 4.79 Å². The lowest BCUT2D eigenvalue weighted by atomic mass is 9.74. The molecule has 0 spiro atoms. The second-order valence-corrected chi connectivity index (χ2v) is 3.76. The molecule has 1 fully saturated rings. The lowest BCUT2D eigenvalue weighted by molar-refractivity contribution is -0.110. The molecule has 16 heavy (non-hydrogen) atoms. The van der Waals surface area contributed by atoms with Crippen molar-refractivity contribution in [1.82, 2.24) is 0 Å². The van der Waals surface area contributed by atoms with Crippen molar-refractivity contribution in [3.8, 4) is 0 Å². The number of hydrogen-bond donors (Lipinski definition) is 0. The predicted octanol–water partition coefficient (Wildman–Crippen LogP) is 4.43. The van der Waals surface area contributed by atoms with Crippen molar-refractivity contribution in [2.75, 3.05) is 0 Å². The molecule has 0 bridgehead atoms. The first-order chi connectivity index (χ1) is 7.42. The summed E-state index contributed by atoms with van der Waals surface area (Å²) in [6.45, 7) is 4.00. The molecule has 0 aromatic heterocycles. The van der Waals surface area contributed by atoms with E-state index in [2.05, 4.69) is 12.1 Å². The van der Waals surface area contributed by atoms with Gasteiger partial charge in [0.15, 0.2) is 0 Å². The fourth-order valence-electron chi connectivity index (χ4n) is 1.94. The highest BCUT2D eigenvalue weighted by atomic mass is 16.1. The highest BCUT2D eigenvalue weighted by Crippen LogP contribution is 2.37. The van der Waals surface area contributed by atoms with Crippen LogP contribution in [0, 0.1) is 5.92 Å². The van der Waals surface area contributed by atoms with Crippen LogP contribution in [-0.4, -0.2) is 6.29 Å². The van der Waals surface area contributed by atoms with Gasteiger partial charge in [0.2, 0.25) is 0 Å². The van der Waals surface area contributed by atoms with E-state index in [1.807, 2.05) is 32.0 Å². The van der Waals surface area contributed by atoms with E-state index in [0.717, 1.165) is 6.29 Å². The number of rotatable bonds is 3. The molecule has 0 saturated heterocycles. The van der Waals surface area contributed by atoms with Crippen molar-refractivity contribution in [3.05, 3.63) is 35.9 Å². The molecule has 0 amide bonds. The smallest absolute Gasteiger partial charge is 0.127 e. The van der Waals surface area contributed by atoms with Crippen LogP contribution in [0.2, 0.25) is 0 Å². The monoisotopic (exact) mass is 220 g/mol. The number of hydrogen-bond acceptors (Lipinski definition) is 1. The number of benzene rings is 1. The molecular weight excluding hydrogens is 196 g/mol. The topological polar surface area (TPSA) is 17.1 Å². The van der Waals surface area contributed by atoms with E-state index < -0.39 is 0 Å². The fourth-order valence-corrected chi connectivity index (χ4v) is 1.94. The van der Waals surface area contributed by atoms with Gasteiger partial charge in [-0.25, -0.2) is 0 Å². The van der Waals surface area contributed by atoms with Gasteiger partial charge in [0, 0.05) is 5.92 Å². The third-order valence-corrected chi connectivity index (χ3v) is 2.99. The zero-order valence-electron chi connectivity index (χ0n) is 9.65. The molecule has 1 heteroatoms. The Morgan fingerprint density at radius 2 is 1.75 bits per heavy atom.